The summed E-state index contributed by atoms with van der Waals surface area (Å²) in [7, 11) is -3.40. The Morgan fingerprint density at radius 3 is 2.61 bits per heavy atom. The van der Waals surface area contributed by atoms with Crippen LogP contribution in [-0.2, 0) is 10.0 Å². The predicted molar refractivity (Wildman–Crippen MR) is 125 cm³/mol. The second-order valence-corrected chi connectivity index (χ2v) is 14.5. The van der Waals surface area contributed by atoms with Crippen LogP contribution in [0.1, 0.15) is 52.9 Å². The van der Waals surface area contributed by atoms with Crippen LogP contribution in [0.2, 0.25) is 0 Å². The summed E-state index contributed by atoms with van der Waals surface area (Å²) in [5.41, 5.74) is 5.88. The standard InChI is InChI=1S/C19H34N6O3S3/c1-11-16(30-12(2)21-11)9-24-14-5-4-13(31(27,28)23-19(3)6-7-19)8-15(14)25(18(24)26)17-22-20-10-29-17/h11-17,20-23H,4-10H2,1-3H3. The lowest BCUT2D eigenvalue weighted by Crippen LogP contribution is -2.53. The molecular formula is C19H34N6O3S3. The highest BCUT2D eigenvalue weighted by Gasteiger charge is 2.54. The summed E-state index contributed by atoms with van der Waals surface area (Å²) in [6, 6.07) is 0.367. The van der Waals surface area contributed by atoms with Gasteiger partial charge >= 0.3 is 6.03 Å². The van der Waals surface area contributed by atoms with Crippen molar-refractivity contribution in [2.45, 2.75) is 97.9 Å². The molecule has 3 heterocycles. The Bertz CT molecular complexity index is 819. The van der Waals surface area contributed by atoms with E-state index in [2.05, 4.69) is 34.7 Å². The SMILES string of the molecule is CC1NC(C)C(CN2C(=O)N(C3NNCS3)C3CC(S(=O)(=O)NC4(C)CC4)CCC32)S1. The van der Waals surface area contributed by atoms with Crippen LogP contribution in [-0.4, -0.2) is 81.7 Å². The first kappa shape index (κ1) is 22.5. The minimum atomic E-state index is -3.40. The maximum absolute atomic E-state index is 13.6. The maximum Gasteiger partial charge on any atom is 0.322 e. The fourth-order valence-corrected chi connectivity index (χ4v) is 9.64. The van der Waals surface area contributed by atoms with Crippen molar-refractivity contribution in [1.29, 1.82) is 0 Å². The minimum Gasteiger partial charge on any atom is -0.318 e. The van der Waals surface area contributed by atoms with Gasteiger partial charge in [0, 0.05) is 23.4 Å². The number of amides is 2. The number of carbonyl (C=O) groups is 1. The molecule has 9 nitrogen and oxygen atoms in total. The third kappa shape index (κ3) is 4.33. The van der Waals surface area contributed by atoms with Crippen molar-refractivity contribution in [2.75, 3.05) is 12.4 Å². The van der Waals surface area contributed by atoms with Gasteiger partial charge in [-0.15, -0.1) is 23.5 Å². The molecule has 0 aromatic carbocycles. The zero-order valence-electron chi connectivity index (χ0n) is 18.3. The Morgan fingerprint density at radius 2 is 2.00 bits per heavy atom. The lowest BCUT2D eigenvalue weighted by atomic mass is 9.89. The van der Waals surface area contributed by atoms with Gasteiger partial charge in [-0.1, -0.05) is 0 Å². The first-order valence-electron chi connectivity index (χ1n) is 11.3. The van der Waals surface area contributed by atoms with Gasteiger partial charge in [-0.25, -0.2) is 28.8 Å². The average molecular weight is 491 g/mol. The molecule has 3 aliphatic heterocycles. The number of rotatable bonds is 6. The number of urea groups is 1. The molecule has 0 spiro atoms. The molecule has 176 valence electrons. The van der Waals surface area contributed by atoms with Crippen molar-refractivity contribution < 1.29 is 13.2 Å². The molecule has 7 unspecified atom stereocenters. The smallest absolute Gasteiger partial charge is 0.318 e. The predicted octanol–water partition coefficient (Wildman–Crippen LogP) is 1.01. The summed E-state index contributed by atoms with van der Waals surface area (Å²) >= 11 is 3.54. The van der Waals surface area contributed by atoms with Gasteiger partial charge < -0.3 is 10.2 Å². The number of carbonyl (C=O) groups excluding carboxylic acids is 1. The largest absolute Gasteiger partial charge is 0.322 e. The summed E-state index contributed by atoms with van der Waals surface area (Å²) in [5, 5.41) is 3.84. The van der Waals surface area contributed by atoms with Crippen LogP contribution in [0, 0.1) is 0 Å². The molecule has 7 atom stereocenters. The molecule has 0 bridgehead atoms. The van der Waals surface area contributed by atoms with Crippen molar-refractivity contribution in [2.24, 2.45) is 0 Å². The van der Waals surface area contributed by atoms with Crippen molar-refractivity contribution in [1.82, 2.24) is 30.7 Å². The Hall–Kier alpha value is -0.240. The van der Waals surface area contributed by atoms with E-state index in [4.69, 9.17) is 0 Å². The number of hydrogen-bond acceptors (Lipinski definition) is 8. The Morgan fingerprint density at radius 1 is 1.23 bits per heavy atom. The molecule has 0 aromatic heterocycles. The van der Waals surface area contributed by atoms with Gasteiger partial charge in [0.1, 0.15) is 5.50 Å². The monoisotopic (exact) mass is 490 g/mol. The van der Waals surface area contributed by atoms with Gasteiger partial charge in [0.2, 0.25) is 10.0 Å². The quantitative estimate of drug-likeness (QED) is 0.437. The molecule has 0 radical (unpaired) electrons. The second kappa shape index (κ2) is 8.21. The van der Waals surface area contributed by atoms with E-state index in [-0.39, 0.29) is 29.2 Å². The normalized spacial score (nSPS) is 42.3. The molecule has 2 amide bonds. The van der Waals surface area contributed by atoms with Crippen molar-refractivity contribution in [3.63, 3.8) is 0 Å². The van der Waals surface area contributed by atoms with Gasteiger partial charge in [-0.3, -0.25) is 4.90 Å². The highest BCUT2D eigenvalue weighted by molar-refractivity contribution is 8.00. The number of hydrazine groups is 1. The molecule has 5 aliphatic rings. The van der Waals surface area contributed by atoms with E-state index in [1.54, 1.807) is 11.8 Å². The van der Waals surface area contributed by atoms with Crippen molar-refractivity contribution in [3.8, 4) is 0 Å². The minimum absolute atomic E-state index is 0.0382. The van der Waals surface area contributed by atoms with E-state index in [1.165, 1.54) is 0 Å². The fourth-order valence-electron chi connectivity index (χ4n) is 5.41. The molecule has 2 aliphatic carbocycles. The van der Waals surface area contributed by atoms with E-state index in [9.17, 15) is 13.2 Å². The Labute approximate surface area is 193 Å². The lowest BCUT2D eigenvalue weighted by Gasteiger charge is -2.38. The third-order valence-corrected chi connectivity index (χ3v) is 11.9. The van der Waals surface area contributed by atoms with Crippen molar-refractivity contribution >= 4 is 39.6 Å². The molecule has 5 rings (SSSR count). The topological polar surface area (TPSA) is 106 Å². The molecule has 12 heteroatoms. The molecule has 0 aromatic rings. The first-order valence-corrected chi connectivity index (χ1v) is 14.8. The van der Waals surface area contributed by atoms with Gasteiger partial charge in [-0.05, 0) is 52.9 Å². The van der Waals surface area contributed by atoms with Crippen LogP contribution in [0.15, 0.2) is 0 Å². The molecule has 31 heavy (non-hydrogen) atoms. The van der Waals surface area contributed by atoms with Crippen LogP contribution in [0.25, 0.3) is 0 Å². The number of nitrogens with zero attached hydrogens (tertiary/aromatic N) is 2. The number of nitrogens with one attached hydrogen (secondary N) is 4. The molecule has 2 saturated carbocycles. The summed E-state index contributed by atoms with van der Waals surface area (Å²) in [6.07, 6.45) is 3.65. The van der Waals surface area contributed by atoms with Gasteiger partial charge in [-0.2, -0.15) is 0 Å². The van der Waals surface area contributed by atoms with Gasteiger partial charge in [0.05, 0.1) is 28.6 Å². The highest BCUT2D eigenvalue weighted by atomic mass is 32.2. The van der Waals surface area contributed by atoms with E-state index < -0.39 is 15.3 Å². The third-order valence-electron chi connectivity index (χ3n) is 7.39. The molecule has 5 fully saturated rings. The van der Waals surface area contributed by atoms with Gasteiger partial charge in [0.15, 0.2) is 0 Å². The van der Waals surface area contributed by atoms with Crippen molar-refractivity contribution in [3.05, 3.63) is 0 Å². The lowest BCUT2D eigenvalue weighted by molar-refractivity contribution is 0.171. The van der Waals surface area contributed by atoms with Crippen LogP contribution >= 0.6 is 23.5 Å². The summed E-state index contributed by atoms with van der Waals surface area (Å²) < 4.78 is 29.2. The number of thioether (sulfide) groups is 2. The maximum atomic E-state index is 13.6. The Kier molecular flexibility index (Phi) is 5.97. The highest BCUT2D eigenvalue weighted by Crippen LogP contribution is 2.42. The second-order valence-electron chi connectivity index (χ2n) is 9.88. The zero-order chi connectivity index (χ0) is 22.0. The van der Waals surface area contributed by atoms with Crippen LogP contribution in [0.5, 0.6) is 0 Å². The number of sulfonamides is 1. The average Bonchev–Trinajstić information content (AvgIpc) is 3.05. The molecule has 3 saturated heterocycles. The summed E-state index contributed by atoms with van der Waals surface area (Å²) in [4.78, 5) is 17.6. The summed E-state index contributed by atoms with van der Waals surface area (Å²) in [5.74, 6) is 0.727. The fraction of sp³-hybridized carbons (Fsp3) is 0.947. The van der Waals surface area contributed by atoms with E-state index in [0.717, 1.165) is 25.1 Å². The van der Waals surface area contributed by atoms with Gasteiger partial charge in [0.25, 0.3) is 0 Å². The number of hydrogen-bond donors (Lipinski definition) is 4. The number of fused-ring (bicyclic) bond motifs is 1. The van der Waals surface area contributed by atoms with E-state index >= 15 is 0 Å². The van der Waals surface area contributed by atoms with Crippen LogP contribution in [0.4, 0.5) is 4.79 Å². The summed E-state index contributed by atoms with van der Waals surface area (Å²) in [6.45, 7) is 7.03. The van der Waals surface area contributed by atoms with E-state index in [0.29, 0.717) is 36.1 Å². The molecule has 4 N–H and O–H groups in total. The van der Waals surface area contributed by atoms with Crippen LogP contribution < -0.4 is 20.9 Å². The first-order chi connectivity index (χ1) is 14.7. The van der Waals surface area contributed by atoms with Crippen LogP contribution in [0.3, 0.4) is 0 Å². The zero-order valence-corrected chi connectivity index (χ0v) is 20.8. The Balaban J connectivity index is 1.36. The van der Waals surface area contributed by atoms with E-state index in [1.807, 2.05) is 28.5 Å². The molecular weight excluding hydrogens is 456 g/mol.